The van der Waals surface area contributed by atoms with Crippen LogP contribution >= 0.6 is 23.2 Å². The highest BCUT2D eigenvalue weighted by molar-refractivity contribution is 6.35. The zero-order valence-electron chi connectivity index (χ0n) is 11.4. The molecule has 1 heterocycles. The van der Waals surface area contributed by atoms with Gasteiger partial charge in [-0.2, -0.15) is 0 Å². The van der Waals surface area contributed by atoms with Crippen LogP contribution in [-0.4, -0.2) is 24.5 Å². The Morgan fingerprint density at radius 1 is 1.33 bits per heavy atom. The second-order valence-electron chi connectivity index (χ2n) is 4.30. The first-order chi connectivity index (χ1) is 10.1. The normalized spacial score (nSPS) is 10.2. The minimum atomic E-state index is -0.220. The number of carbonyl (C=O) groups is 1. The molecule has 1 aromatic heterocycles. The summed E-state index contributed by atoms with van der Waals surface area (Å²) in [6, 6.07) is 8.58. The summed E-state index contributed by atoms with van der Waals surface area (Å²) < 4.78 is 5.26. The number of nitrogens with one attached hydrogen (secondary N) is 1. The Kier molecular flexibility index (Phi) is 5.42. The quantitative estimate of drug-likeness (QED) is 0.917. The molecule has 0 radical (unpaired) electrons. The molecular formula is C15H14Cl2N2O2. The Morgan fingerprint density at radius 3 is 2.81 bits per heavy atom. The van der Waals surface area contributed by atoms with Crippen molar-refractivity contribution in [2.45, 2.75) is 6.42 Å². The number of benzene rings is 1. The highest BCUT2D eigenvalue weighted by atomic mass is 35.5. The molecule has 0 aliphatic heterocycles. The highest BCUT2D eigenvalue weighted by Crippen LogP contribution is 2.32. The van der Waals surface area contributed by atoms with E-state index in [4.69, 9.17) is 27.9 Å². The Bertz CT molecular complexity index is 633. The van der Waals surface area contributed by atoms with E-state index in [0.717, 1.165) is 5.56 Å². The molecule has 0 unspecified atom stereocenters. The Labute approximate surface area is 133 Å². The van der Waals surface area contributed by atoms with Crippen molar-refractivity contribution in [2.75, 3.05) is 13.7 Å². The van der Waals surface area contributed by atoms with Gasteiger partial charge in [-0.25, -0.2) is 0 Å². The van der Waals surface area contributed by atoms with Gasteiger partial charge in [-0.05, 0) is 36.2 Å². The SMILES string of the molecule is COc1c(Cl)cc(Cl)cc1CCNC(=O)c1ccccn1. The van der Waals surface area contributed by atoms with Crippen molar-refractivity contribution in [3.63, 3.8) is 0 Å². The minimum Gasteiger partial charge on any atom is -0.495 e. The van der Waals surface area contributed by atoms with E-state index < -0.39 is 0 Å². The topological polar surface area (TPSA) is 51.2 Å². The molecule has 6 heteroatoms. The molecule has 0 fully saturated rings. The van der Waals surface area contributed by atoms with Crippen LogP contribution in [0.15, 0.2) is 36.5 Å². The van der Waals surface area contributed by atoms with Crippen LogP contribution in [-0.2, 0) is 6.42 Å². The molecular weight excluding hydrogens is 311 g/mol. The van der Waals surface area contributed by atoms with E-state index in [1.54, 1.807) is 43.6 Å². The number of halogens is 2. The lowest BCUT2D eigenvalue weighted by Gasteiger charge is -2.11. The van der Waals surface area contributed by atoms with E-state index >= 15 is 0 Å². The fraction of sp³-hybridized carbons (Fsp3) is 0.200. The Morgan fingerprint density at radius 2 is 2.14 bits per heavy atom. The molecule has 1 amide bonds. The number of carbonyl (C=O) groups excluding carboxylic acids is 1. The average molecular weight is 325 g/mol. The van der Waals surface area contributed by atoms with Gasteiger partial charge in [0.15, 0.2) is 0 Å². The summed E-state index contributed by atoms with van der Waals surface area (Å²) in [7, 11) is 1.55. The van der Waals surface area contributed by atoms with Gasteiger partial charge in [-0.1, -0.05) is 29.3 Å². The Balaban J connectivity index is 1.99. The third-order valence-corrected chi connectivity index (χ3v) is 3.37. The van der Waals surface area contributed by atoms with E-state index in [2.05, 4.69) is 10.3 Å². The number of methoxy groups -OCH3 is 1. The number of nitrogens with zero attached hydrogens (tertiary/aromatic N) is 1. The summed E-state index contributed by atoms with van der Waals surface area (Å²) in [4.78, 5) is 15.9. The second kappa shape index (κ2) is 7.29. The minimum absolute atomic E-state index is 0.220. The maximum Gasteiger partial charge on any atom is 0.269 e. The predicted molar refractivity (Wildman–Crippen MR) is 83.3 cm³/mol. The summed E-state index contributed by atoms with van der Waals surface area (Å²) >= 11 is 12.0. The molecule has 4 nitrogen and oxygen atoms in total. The van der Waals surface area contributed by atoms with Crippen molar-refractivity contribution < 1.29 is 9.53 Å². The molecule has 0 atom stereocenters. The predicted octanol–water partition coefficient (Wildman–Crippen LogP) is 3.37. The maximum absolute atomic E-state index is 11.9. The lowest BCUT2D eigenvalue weighted by Crippen LogP contribution is -2.26. The van der Waals surface area contributed by atoms with E-state index in [1.807, 2.05) is 0 Å². The van der Waals surface area contributed by atoms with Crippen LogP contribution in [0.1, 0.15) is 16.1 Å². The van der Waals surface area contributed by atoms with Crippen molar-refractivity contribution in [3.05, 3.63) is 57.8 Å². The first-order valence-corrected chi connectivity index (χ1v) is 7.08. The van der Waals surface area contributed by atoms with Crippen molar-refractivity contribution >= 4 is 29.1 Å². The fourth-order valence-corrected chi connectivity index (χ4v) is 2.54. The average Bonchev–Trinajstić information content (AvgIpc) is 2.47. The summed E-state index contributed by atoms with van der Waals surface area (Å²) in [5.74, 6) is 0.357. The van der Waals surface area contributed by atoms with E-state index in [9.17, 15) is 4.79 Å². The van der Waals surface area contributed by atoms with Gasteiger partial charge >= 0.3 is 0 Å². The number of hydrogen-bond acceptors (Lipinski definition) is 3. The van der Waals surface area contributed by atoms with Gasteiger partial charge < -0.3 is 10.1 Å². The Hall–Kier alpha value is -1.78. The van der Waals surface area contributed by atoms with E-state index in [1.165, 1.54) is 0 Å². The van der Waals surface area contributed by atoms with Crippen LogP contribution in [0.4, 0.5) is 0 Å². The van der Waals surface area contributed by atoms with Gasteiger partial charge in [0.05, 0.1) is 12.1 Å². The molecule has 2 rings (SSSR count). The first kappa shape index (κ1) is 15.6. The first-order valence-electron chi connectivity index (χ1n) is 6.33. The lowest BCUT2D eigenvalue weighted by atomic mass is 10.1. The van der Waals surface area contributed by atoms with Gasteiger partial charge in [0.25, 0.3) is 5.91 Å². The number of aromatic nitrogens is 1. The molecule has 21 heavy (non-hydrogen) atoms. The van der Waals surface area contributed by atoms with Crippen molar-refractivity contribution in [1.29, 1.82) is 0 Å². The van der Waals surface area contributed by atoms with Gasteiger partial charge in [-0.15, -0.1) is 0 Å². The molecule has 0 bridgehead atoms. The van der Waals surface area contributed by atoms with Gasteiger partial charge in [-0.3, -0.25) is 9.78 Å². The molecule has 2 aromatic rings. The largest absolute Gasteiger partial charge is 0.495 e. The zero-order valence-corrected chi connectivity index (χ0v) is 12.9. The molecule has 0 saturated heterocycles. The lowest BCUT2D eigenvalue weighted by molar-refractivity contribution is 0.0949. The van der Waals surface area contributed by atoms with E-state index in [0.29, 0.717) is 34.5 Å². The van der Waals surface area contributed by atoms with Gasteiger partial charge in [0.1, 0.15) is 11.4 Å². The summed E-state index contributed by atoms with van der Waals surface area (Å²) in [6.45, 7) is 0.433. The van der Waals surface area contributed by atoms with Crippen LogP contribution in [0.5, 0.6) is 5.75 Å². The van der Waals surface area contributed by atoms with Crippen molar-refractivity contribution in [2.24, 2.45) is 0 Å². The maximum atomic E-state index is 11.9. The standard InChI is InChI=1S/C15H14Cl2N2O2/c1-21-14-10(8-11(16)9-12(14)17)5-7-19-15(20)13-4-2-3-6-18-13/h2-4,6,8-9H,5,7H2,1H3,(H,19,20). The monoisotopic (exact) mass is 324 g/mol. The number of hydrogen-bond donors (Lipinski definition) is 1. The number of amides is 1. The molecule has 1 N–H and O–H groups in total. The smallest absolute Gasteiger partial charge is 0.269 e. The van der Waals surface area contributed by atoms with Crippen LogP contribution < -0.4 is 10.1 Å². The molecule has 110 valence electrons. The number of ether oxygens (including phenoxy) is 1. The van der Waals surface area contributed by atoms with Crippen LogP contribution in [0.25, 0.3) is 0 Å². The van der Waals surface area contributed by atoms with Gasteiger partial charge in [0.2, 0.25) is 0 Å². The third kappa shape index (κ3) is 4.09. The fourth-order valence-electron chi connectivity index (χ4n) is 1.93. The van der Waals surface area contributed by atoms with E-state index in [-0.39, 0.29) is 5.91 Å². The molecule has 0 spiro atoms. The van der Waals surface area contributed by atoms with Crippen LogP contribution in [0, 0.1) is 0 Å². The molecule has 0 aliphatic rings. The van der Waals surface area contributed by atoms with Gasteiger partial charge in [0, 0.05) is 17.8 Å². The molecule has 0 aliphatic carbocycles. The van der Waals surface area contributed by atoms with Crippen molar-refractivity contribution in [1.82, 2.24) is 10.3 Å². The number of rotatable bonds is 5. The number of pyridine rings is 1. The highest BCUT2D eigenvalue weighted by Gasteiger charge is 2.11. The van der Waals surface area contributed by atoms with Crippen LogP contribution in [0.3, 0.4) is 0 Å². The molecule has 0 saturated carbocycles. The van der Waals surface area contributed by atoms with Crippen molar-refractivity contribution in [3.8, 4) is 5.75 Å². The summed E-state index contributed by atoms with van der Waals surface area (Å²) in [5, 5.41) is 3.78. The second-order valence-corrected chi connectivity index (χ2v) is 5.14. The summed E-state index contributed by atoms with van der Waals surface area (Å²) in [5.41, 5.74) is 1.23. The molecule has 1 aromatic carbocycles. The van der Waals surface area contributed by atoms with Crippen LogP contribution in [0.2, 0.25) is 10.0 Å². The zero-order chi connectivity index (χ0) is 15.2. The third-order valence-electron chi connectivity index (χ3n) is 2.87. The summed E-state index contributed by atoms with van der Waals surface area (Å²) in [6.07, 6.45) is 2.14.